The summed E-state index contributed by atoms with van der Waals surface area (Å²) in [5.41, 5.74) is 1.57. The van der Waals surface area contributed by atoms with Gasteiger partial charge in [-0.1, -0.05) is 19.1 Å². The molecule has 31 heavy (non-hydrogen) atoms. The highest BCUT2D eigenvalue weighted by atomic mass is 32.2. The third-order valence-electron chi connectivity index (χ3n) is 5.22. The highest BCUT2D eigenvalue weighted by molar-refractivity contribution is 7.91. The summed E-state index contributed by atoms with van der Waals surface area (Å²) in [6, 6.07) is 10.8. The van der Waals surface area contributed by atoms with Crippen LogP contribution in [0, 0.1) is 12.8 Å². The molecule has 3 rings (SSSR count). The van der Waals surface area contributed by atoms with E-state index in [2.05, 4.69) is 10.6 Å². The molecular weight excluding hydrogens is 434 g/mol. The molecule has 0 spiro atoms. The Hall–Kier alpha value is -2.23. The quantitative estimate of drug-likeness (QED) is 0.626. The number of anilines is 1. The molecule has 1 aliphatic heterocycles. The Labute approximate surface area is 187 Å². The molecule has 0 aliphatic carbocycles. The molecule has 0 radical (unpaired) electrons. The van der Waals surface area contributed by atoms with Crippen LogP contribution in [0.1, 0.15) is 43.0 Å². The first-order valence-electron chi connectivity index (χ1n) is 10.5. The molecule has 1 atom stereocenters. The van der Waals surface area contributed by atoms with Crippen LogP contribution in [-0.4, -0.2) is 37.6 Å². The third kappa shape index (κ3) is 6.15. The van der Waals surface area contributed by atoms with E-state index in [1.165, 1.54) is 15.6 Å². The van der Waals surface area contributed by atoms with Crippen molar-refractivity contribution < 1.29 is 18.0 Å². The number of rotatable bonds is 8. The standard InChI is InChI=1S/C22H29N3O4S2/c1-3-6-20(26)24-19-9-4-7-17(13-19)14-23-22(27)18-8-5-12-25(15-18)31(28,29)21-11-10-16(2)30-21/h4,7,9-11,13,18H,3,5-6,8,12,14-15H2,1-2H3,(H,23,27)(H,24,26). The molecule has 1 aromatic carbocycles. The van der Waals surface area contributed by atoms with E-state index in [0.29, 0.717) is 42.2 Å². The normalized spacial score (nSPS) is 17.3. The zero-order valence-electron chi connectivity index (χ0n) is 17.9. The lowest BCUT2D eigenvalue weighted by molar-refractivity contribution is -0.126. The highest BCUT2D eigenvalue weighted by Gasteiger charge is 2.33. The van der Waals surface area contributed by atoms with E-state index in [1.807, 2.05) is 38.1 Å². The minimum atomic E-state index is -3.57. The number of nitrogens with one attached hydrogen (secondary N) is 2. The van der Waals surface area contributed by atoms with Gasteiger partial charge >= 0.3 is 0 Å². The molecule has 2 aromatic rings. The number of carbonyl (C=O) groups is 2. The van der Waals surface area contributed by atoms with Crippen LogP contribution in [0.3, 0.4) is 0 Å². The number of carbonyl (C=O) groups excluding carboxylic acids is 2. The molecule has 2 heterocycles. The third-order valence-corrected chi connectivity index (χ3v) is 8.55. The average molecular weight is 464 g/mol. The SMILES string of the molecule is CCCC(=O)Nc1cccc(CNC(=O)C2CCCN(S(=O)(=O)c3ccc(C)s3)C2)c1. The van der Waals surface area contributed by atoms with Crippen LogP contribution in [0.5, 0.6) is 0 Å². The molecule has 7 nitrogen and oxygen atoms in total. The van der Waals surface area contributed by atoms with Crippen LogP contribution in [0.4, 0.5) is 5.69 Å². The van der Waals surface area contributed by atoms with Gasteiger partial charge in [0.05, 0.1) is 5.92 Å². The van der Waals surface area contributed by atoms with Gasteiger partial charge in [-0.25, -0.2) is 8.42 Å². The second-order valence-corrected chi connectivity index (χ2v) is 11.2. The van der Waals surface area contributed by atoms with E-state index in [9.17, 15) is 18.0 Å². The summed E-state index contributed by atoms with van der Waals surface area (Å²) in [7, 11) is -3.57. The van der Waals surface area contributed by atoms with Crippen LogP contribution in [0.25, 0.3) is 0 Å². The van der Waals surface area contributed by atoms with Crippen LogP contribution in [0.2, 0.25) is 0 Å². The Morgan fingerprint density at radius 2 is 2.03 bits per heavy atom. The lowest BCUT2D eigenvalue weighted by atomic mass is 9.98. The van der Waals surface area contributed by atoms with Gasteiger partial charge < -0.3 is 10.6 Å². The first kappa shape index (κ1) is 23.4. The number of hydrogen-bond donors (Lipinski definition) is 2. The van der Waals surface area contributed by atoms with Crippen LogP contribution in [0.15, 0.2) is 40.6 Å². The van der Waals surface area contributed by atoms with Crippen molar-refractivity contribution in [3.8, 4) is 0 Å². The monoisotopic (exact) mass is 463 g/mol. The fraction of sp³-hybridized carbons (Fsp3) is 0.455. The number of thiophene rings is 1. The van der Waals surface area contributed by atoms with E-state index >= 15 is 0 Å². The van der Waals surface area contributed by atoms with Gasteiger partial charge in [0.1, 0.15) is 4.21 Å². The Bertz CT molecular complexity index is 1030. The summed E-state index contributed by atoms with van der Waals surface area (Å²) in [6.07, 6.45) is 2.56. The molecule has 1 fully saturated rings. The van der Waals surface area contributed by atoms with Gasteiger partial charge in [0.25, 0.3) is 10.0 Å². The maximum Gasteiger partial charge on any atom is 0.252 e. The van der Waals surface area contributed by atoms with E-state index < -0.39 is 10.0 Å². The van der Waals surface area contributed by atoms with Crippen molar-refractivity contribution in [1.29, 1.82) is 0 Å². The van der Waals surface area contributed by atoms with E-state index in [4.69, 9.17) is 0 Å². The molecule has 2 N–H and O–H groups in total. The van der Waals surface area contributed by atoms with Crippen molar-refractivity contribution in [2.24, 2.45) is 5.92 Å². The summed E-state index contributed by atoms with van der Waals surface area (Å²) in [4.78, 5) is 25.5. The van der Waals surface area contributed by atoms with Crippen molar-refractivity contribution in [1.82, 2.24) is 9.62 Å². The predicted molar refractivity (Wildman–Crippen MR) is 122 cm³/mol. The van der Waals surface area contributed by atoms with Gasteiger partial charge in [-0.05, 0) is 56.0 Å². The Balaban J connectivity index is 1.58. The second kappa shape index (κ2) is 10.4. The highest BCUT2D eigenvalue weighted by Crippen LogP contribution is 2.28. The number of piperidine rings is 1. The van der Waals surface area contributed by atoms with Crippen LogP contribution >= 0.6 is 11.3 Å². The van der Waals surface area contributed by atoms with Gasteiger partial charge in [-0.3, -0.25) is 9.59 Å². The lowest BCUT2D eigenvalue weighted by Gasteiger charge is -2.30. The summed E-state index contributed by atoms with van der Waals surface area (Å²) < 4.78 is 27.5. The molecule has 2 amide bonds. The predicted octanol–water partition coefficient (Wildman–Crippen LogP) is 3.51. The molecule has 1 aliphatic rings. The maximum atomic E-state index is 12.9. The molecule has 9 heteroatoms. The van der Waals surface area contributed by atoms with Crippen molar-refractivity contribution in [3.63, 3.8) is 0 Å². The Kier molecular flexibility index (Phi) is 7.85. The topological polar surface area (TPSA) is 95.6 Å². The zero-order valence-corrected chi connectivity index (χ0v) is 19.5. The number of nitrogens with zero attached hydrogens (tertiary/aromatic N) is 1. The molecule has 1 saturated heterocycles. The van der Waals surface area contributed by atoms with Gasteiger partial charge in [0, 0.05) is 36.6 Å². The lowest BCUT2D eigenvalue weighted by Crippen LogP contribution is -2.45. The first-order chi connectivity index (χ1) is 14.8. The minimum absolute atomic E-state index is 0.0341. The summed E-state index contributed by atoms with van der Waals surface area (Å²) >= 11 is 1.25. The van der Waals surface area contributed by atoms with E-state index in [0.717, 1.165) is 16.9 Å². The molecule has 1 unspecified atom stereocenters. The van der Waals surface area contributed by atoms with Gasteiger partial charge in [-0.2, -0.15) is 4.31 Å². The fourth-order valence-corrected chi connectivity index (χ4v) is 6.56. The second-order valence-electron chi connectivity index (χ2n) is 7.78. The molecular formula is C22H29N3O4S2. The zero-order chi connectivity index (χ0) is 22.4. The molecule has 168 valence electrons. The summed E-state index contributed by atoms with van der Waals surface area (Å²) in [5.74, 6) is -0.562. The van der Waals surface area contributed by atoms with E-state index in [1.54, 1.807) is 12.1 Å². The van der Waals surface area contributed by atoms with Crippen molar-refractivity contribution in [2.45, 2.75) is 50.3 Å². The number of hydrogen-bond acceptors (Lipinski definition) is 5. The van der Waals surface area contributed by atoms with Gasteiger partial charge in [0.15, 0.2) is 0 Å². The molecule has 0 saturated carbocycles. The largest absolute Gasteiger partial charge is 0.352 e. The summed E-state index contributed by atoms with van der Waals surface area (Å²) in [5, 5.41) is 5.77. The average Bonchev–Trinajstić information content (AvgIpc) is 3.20. The molecule has 1 aromatic heterocycles. The number of sulfonamides is 1. The van der Waals surface area contributed by atoms with Crippen molar-refractivity contribution >= 4 is 38.9 Å². The fourth-order valence-electron chi connectivity index (χ4n) is 3.60. The smallest absolute Gasteiger partial charge is 0.252 e. The number of aryl methyl sites for hydroxylation is 1. The Morgan fingerprint density at radius 1 is 1.23 bits per heavy atom. The van der Waals surface area contributed by atoms with Crippen LogP contribution < -0.4 is 10.6 Å². The minimum Gasteiger partial charge on any atom is -0.352 e. The number of amides is 2. The van der Waals surface area contributed by atoms with Crippen molar-refractivity contribution in [3.05, 3.63) is 46.8 Å². The maximum absolute atomic E-state index is 12.9. The van der Waals surface area contributed by atoms with Gasteiger partial charge in [-0.15, -0.1) is 11.3 Å². The van der Waals surface area contributed by atoms with E-state index in [-0.39, 0.29) is 24.3 Å². The Morgan fingerprint density at radius 3 is 2.74 bits per heavy atom. The van der Waals surface area contributed by atoms with Crippen LogP contribution in [-0.2, 0) is 26.2 Å². The molecule has 0 bridgehead atoms. The first-order valence-corrected chi connectivity index (χ1v) is 12.8. The number of benzene rings is 1. The van der Waals surface area contributed by atoms with Crippen molar-refractivity contribution in [2.75, 3.05) is 18.4 Å². The van der Waals surface area contributed by atoms with Gasteiger partial charge in [0.2, 0.25) is 11.8 Å². The summed E-state index contributed by atoms with van der Waals surface area (Å²) in [6.45, 7) is 4.77.